The molecular weight excluding hydrogens is 420 g/mol. The van der Waals surface area contributed by atoms with E-state index in [-0.39, 0.29) is 24.2 Å². The molecular formula is C23H33F2N3O4. The van der Waals surface area contributed by atoms with Crippen molar-refractivity contribution in [1.82, 2.24) is 9.80 Å². The standard InChI is InChI=1S/C23H33F2N3O4/c1-22(2,3)19(26)20(29)27-10-9-16-18(27)17(12-28(16)21(30)32-23(4,5)6)31-13-7-8-14(24)15(25)11-13/h7-8,11,16-19H,9-10,12,26H2,1-6H3/t16-,17+,18+,19-/m1/s1. The zero-order valence-corrected chi connectivity index (χ0v) is 19.5. The van der Waals surface area contributed by atoms with Gasteiger partial charge in [-0.25, -0.2) is 13.6 Å². The Balaban J connectivity index is 1.90. The number of ether oxygens (including phenoxy) is 2. The molecule has 0 saturated carbocycles. The van der Waals surface area contributed by atoms with Crippen LogP contribution in [0.3, 0.4) is 0 Å². The highest BCUT2D eigenvalue weighted by Gasteiger charge is 2.54. The molecule has 7 nitrogen and oxygen atoms in total. The van der Waals surface area contributed by atoms with Crippen LogP contribution in [-0.4, -0.2) is 64.7 Å². The molecule has 178 valence electrons. The van der Waals surface area contributed by atoms with Gasteiger partial charge in [0, 0.05) is 12.6 Å². The number of likely N-dealkylation sites (tertiary alicyclic amines) is 2. The number of carbonyl (C=O) groups excluding carboxylic acids is 2. The Labute approximate surface area is 187 Å². The van der Waals surface area contributed by atoms with E-state index in [1.54, 1.807) is 30.6 Å². The maximum atomic E-state index is 13.7. The summed E-state index contributed by atoms with van der Waals surface area (Å²) < 4.78 is 38.6. The fourth-order valence-electron chi connectivity index (χ4n) is 4.19. The van der Waals surface area contributed by atoms with Gasteiger partial charge in [-0.2, -0.15) is 0 Å². The molecule has 0 aliphatic carbocycles. The molecule has 3 rings (SSSR count). The Hall–Kier alpha value is -2.42. The van der Waals surface area contributed by atoms with Crippen molar-refractivity contribution in [3.8, 4) is 5.75 Å². The third-order valence-electron chi connectivity index (χ3n) is 5.87. The van der Waals surface area contributed by atoms with Crippen molar-refractivity contribution in [3.63, 3.8) is 0 Å². The number of hydrogen-bond donors (Lipinski definition) is 1. The number of rotatable bonds is 3. The molecule has 9 heteroatoms. The number of fused-ring (bicyclic) bond motifs is 1. The highest BCUT2D eigenvalue weighted by molar-refractivity contribution is 5.83. The van der Waals surface area contributed by atoms with E-state index < -0.39 is 46.9 Å². The Morgan fingerprint density at radius 2 is 1.75 bits per heavy atom. The second-order valence-corrected chi connectivity index (χ2v) is 10.6. The van der Waals surface area contributed by atoms with Gasteiger partial charge in [0.15, 0.2) is 11.6 Å². The van der Waals surface area contributed by atoms with Gasteiger partial charge in [-0.1, -0.05) is 20.8 Å². The van der Waals surface area contributed by atoms with E-state index in [2.05, 4.69) is 0 Å². The summed E-state index contributed by atoms with van der Waals surface area (Å²) in [6.45, 7) is 11.6. The lowest BCUT2D eigenvalue weighted by molar-refractivity contribution is -0.137. The predicted octanol–water partition coefficient (Wildman–Crippen LogP) is 3.31. The van der Waals surface area contributed by atoms with Crippen LogP contribution in [0, 0.1) is 17.0 Å². The summed E-state index contributed by atoms with van der Waals surface area (Å²) in [5.41, 5.74) is 5.11. The number of amides is 2. The first-order valence-corrected chi connectivity index (χ1v) is 10.9. The molecule has 1 aromatic rings. The zero-order chi connectivity index (χ0) is 24.0. The van der Waals surface area contributed by atoms with Crippen LogP contribution in [0.2, 0.25) is 0 Å². The zero-order valence-electron chi connectivity index (χ0n) is 19.5. The summed E-state index contributed by atoms with van der Waals surface area (Å²) in [5, 5.41) is 0. The summed E-state index contributed by atoms with van der Waals surface area (Å²) in [7, 11) is 0. The topological polar surface area (TPSA) is 85.1 Å². The molecule has 2 N–H and O–H groups in total. The Morgan fingerprint density at radius 3 is 2.31 bits per heavy atom. The van der Waals surface area contributed by atoms with E-state index >= 15 is 0 Å². The summed E-state index contributed by atoms with van der Waals surface area (Å²) in [5.74, 6) is -2.12. The van der Waals surface area contributed by atoms with Gasteiger partial charge in [0.25, 0.3) is 0 Å². The van der Waals surface area contributed by atoms with Gasteiger partial charge >= 0.3 is 6.09 Å². The van der Waals surface area contributed by atoms with Crippen LogP contribution in [0.15, 0.2) is 18.2 Å². The highest BCUT2D eigenvalue weighted by atomic mass is 19.2. The first-order valence-electron chi connectivity index (χ1n) is 10.9. The van der Waals surface area contributed by atoms with Crippen LogP contribution in [0.5, 0.6) is 5.75 Å². The molecule has 0 radical (unpaired) electrons. The van der Waals surface area contributed by atoms with Gasteiger partial charge in [-0.15, -0.1) is 0 Å². The van der Waals surface area contributed by atoms with Gasteiger partial charge in [0.2, 0.25) is 5.91 Å². The average Bonchev–Trinajstić information content (AvgIpc) is 3.23. The van der Waals surface area contributed by atoms with E-state index in [1.165, 1.54) is 6.07 Å². The first-order chi connectivity index (χ1) is 14.7. The van der Waals surface area contributed by atoms with Gasteiger partial charge < -0.3 is 20.1 Å². The predicted molar refractivity (Wildman–Crippen MR) is 115 cm³/mol. The van der Waals surface area contributed by atoms with E-state index in [1.807, 2.05) is 20.8 Å². The molecule has 2 amide bonds. The maximum Gasteiger partial charge on any atom is 0.410 e. The molecule has 0 bridgehead atoms. The highest BCUT2D eigenvalue weighted by Crippen LogP contribution is 2.36. The monoisotopic (exact) mass is 453 g/mol. The van der Waals surface area contributed by atoms with Crippen LogP contribution in [0.4, 0.5) is 13.6 Å². The number of hydrogen-bond acceptors (Lipinski definition) is 5. The van der Waals surface area contributed by atoms with Gasteiger partial charge in [0.05, 0.1) is 24.7 Å². The van der Waals surface area contributed by atoms with Crippen LogP contribution >= 0.6 is 0 Å². The summed E-state index contributed by atoms with van der Waals surface area (Å²) in [4.78, 5) is 29.3. The van der Waals surface area contributed by atoms with Crippen molar-refractivity contribution in [2.24, 2.45) is 11.1 Å². The van der Waals surface area contributed by atoms with Crippen molar-refractivity contribution in [2.75, 3.05) is 13.1 Å². The number of halogens is 2. The minimum atomic E-state index is -1.03. The van der Waals surface area contributed by atoms with E-state index in [9.17, 15) is 18.4 Å². The number of nitrogens with zero attached hydrogens (tertiary/aromatic N) is 2. The third kappa shape index (κ3) is 4.98. The van der Waals surface area contributed by atoms with Crippen molar-refractivity contribution in [2.45, 2.75) is 77.8 Å². The molecule has 2 aliphatic rings. The van der Waals surface area contributed by atoms with Crippen molar-refractivity contribution in [3.05, 3.63) is 29.8 Å². The van der Waals surface area contributed by atoms with Crippen LogP contribution < -0.4 is 10.5 Å². The molecule has 4 atom stereocenters. The van der Waals surface area contributed by atoms with Gasteiger partial charge in [-0.3, -0.25) is 9.69 Å². The SMILES string of the molecule is CC(C)(C)OC(=O)N1C[C@H](Oc2ccc(F)c(F)c2)[C@@H]2[C@H]1CCN2C(=O)[C@@H](N)C(C)(C)C. The molecule has 2 aliphatic heterocycles. The van der Waals surface area contributed by atoms with Crippen molar-refractivity contribution < 1.29 is 27.8 Å². The molecule has 2 saturated heterocycles. The Morgan fingerprint density at radius 1 is 1.09 bits per heavy atom. The Bertz CT molecular complexity index is 881. The van der Waals surface area contributed by atoms with Crippen LogP contribution in [-0.2, 0) is 9.53 Å². The summed E-state index contributed by atoms with van der Waals surface area (Å²) >= 11 is 0. The minimum absolute atomic E-state index is 0.123. The van der Waals surface area contributed by atoms with E-state index in [4.69, 9.17) is 15.2 Å². The second kappa shape index (κ2) is 8.50. The summed E-state index contributed by atoms with van der Waals surface area (Å²) in [6, 6.07) is 1.73. The Kier molecular flexibility index (Phi) is 6.43. The molecule has 0 aromatic heterocycles. The number of nitrogens with two attached hydrogens (primary N) is 1. The lowest BCUT2D eigenvalue weighted by Crippen LogP contribution is -2.55. The number of benzene rings is 1. The second-order valence-electron chi connectivity index (χ2n) is 10.6. The molecule has 2 heterocycles. The van der Waals surface area contributed by atoms with E-state index in [0.717, 1.165) is 12.1 Å². The van der Waals surface area contributed by atoms with Gasteiger partial charge in [0.1, 0.15) is 17.5 Å². The fraction of sp³-hybridized carbons (Fsp3) is 0.652. The maximum absolute atomic E-state index is 13.7. The van der Waals surface area contributed by atoms with Crippen LogP contribution in [0.25, 0.3) is 0 Å². The molecule has 1 aromatic carbocycles. The normalized spacial score (nSPS) is 24.3. The molecule has 2 fully saturated rings. The lowest BCUT2D eigenvalue weighted by atomic mass is 9.86. The molecule has 0 spiro atoms. The largest absolute Gasteiger partial charge is 0.486 e. The van der Waals surface area contributed by atoms with Crippen molar-refractivity contribution >= 4 is 12.0 Å². The smallest absolute Gasteiger partial charge is 0.410 e. The number of carbonyl (C=O) groups is 2. The lowest BCUT2D eigenvalue weighted by Gasteiger charge is -2.34. The first kappa shape index (κ1) is 24.2. The summed E-state index contributed by atoms with van der Waals surface area (Å²) in [6.07, 6.45) is -0.598. The van der Waals surface area contributed by atoms with Gasteiger partial charge in [-0.05, 0) is 44.7 Å². The molecule has 32 heavy (non-hydrogen) atoms. The van der Waals surface area contributed by atoms with E-state index in [0.29, 0.717) is 13.0 Å². The van der Waals surface area contributed by atoms with Crippen molar-refractivity contribution in [1.29, 1.82) is 0 Å². The third-order valence-corrected chi connectivity index (χ3v) is 5.87. The van der Waals surface area contributed by atoms with Crippen LogP contribution in [0.1, 0.15) is 48.0 Å². The fourth-order valence-corrected chi connectivity index (χ4v) is 4.19. The minimum Gasteiger partial charge on any atom is -0.486 e. The molecule has 0 unspecified atom stereocenters. The average molecular weight is 454 g/mol. The quantitative estimate of drug-likeness (QED) is 0.759.